The average Bonchev–Trinajstić information content (AvgIpc) is 3.39. The van der Waals surface area contributed by atoms with Crippen molar-refractivity contribution in [2.75, 3.05) is 5.32 Å². The first-order valence-electron chi connectivity index (χ1n) is 9.29. The molecule has 7 heteroatoms. The Morgan fingerprint density at radius 1 is 0.966 bits per heavy atom. The van der Waals surface area contributed by atoms with E-state index in [0.29, 0.717) is 0 Å². The second-order valence-corrected chi connectivity index (χ2v) is 7.68. The van der Waals surface area contributed by atoms with Crippen LogP contribution in [0.15, 0.2) is 73.2 Å². The number of aromatic nitrogens is 5. The van der Waals surface area contributed by atoms with Crippen molar-refractivity contribution in [3.63, 3.8) is 0 Å². The zero-order valence-corrected chi connectivity index (χ0v) is 16.6. The second-order valence-electron chi connectivity index (χ2n) is 6.68. The molecular formula is C22H18N6S. The molecule has 5 rings (SSSR count). The normalized spacial score (nSPS) is 11.1. The Kier molecular flexibility index (Phi) is 4.50. The third-order valence-electron chi connectivity index (χ3n) is 4.58. The lowest BCUT2D eigenvalue weighted by molar-refractivity contribution is 0.962. The Morgan fingerprint density at radius 2 is 1.86 bits per heavy atom. The molecule has 0 aliphatic rings. The minimum Gasteiger partial charge on any atom is -0.357 e. The van der Waals surface area contributed by atoms with Gasteiger partial charge in [-0.2, -0.15) is 5.10 Å². The summed E-state index contributed by atoms with van der Waals surface area (Å²) in [6.45, 7) is 2.72. The fourth-order valence-corrected chi connectivity index (χ4v) is 4.12. The number of nitrogens with one attached hydrogen (secondary N) is 1. The predicted molar refractivity (Wildman–Crippen MR) is 116 cm³/mol. The summed E-state index contributed by atoms with van der Waals surface area (Å²) >= 11 is 1.61. The van der Waals surface area contributed by atoms with Gasteiger partial charge in [0.2, 0.25) is 0 Å². The number of aryl methyl sites for hydroxylation is 1. The van der Waals surface area contributed by atoms with E-state index in [0.717, 1.165) is 44.8 Å². The summed E-state index contributed by atoms with van der Waals surface area (Å²) < 4.78 is 1.76. The van der Waals surface area contributed by atoms with Crippen LogP contribution in [0.1, 0.15) is 11.3 Å². The number of thiazole rings is 1. The highest BCUT2D eigenvalue weighted by Crippen LogP contribution is 2.38. The topological polar surface area (TPSA) is 68.0 Å². The fourth-order valence-electron chi connectivity index (χ4n) is 3.16. The minimum atomic E-state index is 0.719. The van der Waals surface area contributed by atoms with Gasteiger partial charge in [0.1, 0.15) is 6.33 Å². The molecule has 4 heterocycles. The van der Waals surface area contributed by atoms with Crippen LogP contribution in [-0.2, 0) is 6.54 Å². The van der Waals surface area contributed by atoms with E-state index in [1.165, 1.54) is 5.56 Å². The maximum absolute atomic E-state index is 4.90. The van der Waals surface area contributed by atoms with E-state index in [-0.39, 0.29) is 0 Å². The third kappa shape index (κ3) is 3.60. The van der Waals surface area contributed by atoms with Gasteiger partial charge in [-0.1, -0.05) is 47.7 Å². The number of anilines is 1. The van der Waals surface area contributed by atoms with Crippen molar-refractivity contribution < 1.29 is 0 Å². The Hall–Kier alpha value is -3.58. The third-order valence-corrected chi connectivity index (χ3v) is 5.62. The Labute approximate surface area is 171 Å². The van der Waals surface area contributed by atoms with Crippen molar-refractivity contribution >= 4 is 22.1 Å². The van der Waals surface area contributed by atoms with Crippen molar-refractivity contribution in [2.24, 2.45) is 0 Å². The minimum absolute atomic E-state index is 0.719. The zero-order chi connectivity index (χ0) is 19.6. The maximum atomic E-state index is 4.90. The lowest BCUT2D eigenvalue weighted by atomic mass is 10.1. The highest BCUT2D eigenvalue weighted by Gasteiger charge is 2.17. The van der Waals surface area contributed by atoms with Crippen molar-refractivity contribution in [3.8, 4) is 21.8 Å². The Bertz CT molecular complexity index is 1270. The molecule has 0 atom stereocenters. The van der Waals surface area contributed by atoms with Gasteiger partial charge in [0, 0.05) is 24.0 Å². The molecule has 5 aromatic rings. The van der Waals surface area contributed by atoms with Crippen LogP contribution in [0.5, 0.6) is 0 Å². The van der Waals surface area contributed by atoms with Gasteiger partial charge in [-0.3, -0.25) is 4.98 Å². The predicted octanol–water partition coefficient (Wildman–Crippen LogP) is 4.84. The highest BCUT2D eigenvalue weighted by atomic mass is 32.1. The summed E-state index contributed by atoms with van der Waals surface area (Å²) in [7, 11) is 0. The monoisotopic (exact) mass is 398 g/mol. The molecule has 1 N–H and O–H groups in total. The number of pyridine rings is 2. The van der Waals surface area contributed by atoms with E-state index in [1.54, 1.807) is 22.2 Å². The lowest BCUT2D eigenvalue weighted by Crippen LogP contribution is -1.98. The van der Waals surface area contributed by atoms with Crippen LogP contribution in [0.25, 0.3) is 27.5 Å². The van der Waals surface area contributed by atoms with Gasteiger partial charge in [-0.15, -0.1) is 0 Å². The smallest absolute Gasteiger partial charge is 0.184 e. The molecule has 0 fully saturated rings. The van der Waals surface area contributed by atoms with Gasteiger partial charge >= 0.3 is 0 Å². The Balaban J connectivity index is 1.56. The molecule has 6 nitrogen and oxygen atoms in total. The van der Waals surface area contributed by atoms with E-state index in [4.69, 9.17) is 9.97 Å². The highest BCUT2D eigenvalue weighted by molar-refractivity contribution is 7.19. The second kappa shape index (κ2) is 7.44. The van der Waals surface area contributed by atoms with Crippen LogP contribution < -0.4 is 5.32 Å². The van der Waals surface area contributed by atoms with E-state index in [9.17, 15) is 0 Å². The number of hydrogen-bond donors (Lipinski definition) is 1. The molecule has 29 heavy (non-hydrogen) atoms. The van der Waals surface area contributed by atoms with Crippen molar-refractivity contribution in [1.29, 1.82) is 0 Å². The molecule has 142 valence electrons. The van der Waals surface area contributed by atoms with Crippen molar-refractivity contribution in [3.05, 3.63) is 84.4 Å². The molecule has 0 amide bonds. The number of hydrogen-bond acceptors (Lipinski definition) is 6. The summed E-state index contributed by atoms with van der Waals surface area (Å²) in [6.07, 6.45) is 3.51. The van der Waals surface area contributed by atoms with Gasteiger partial charge in [0.25, 0.3) is 0 Å². The van der Waals surface area contributed by atoms with Crippen molar-refractivity contribution in [1.82, 2.24) is 24.6 Å². The van der Waals surface area contributed by atoms with Crippen LogP contribution in [0, 0.1) is 6.92 Å². The summed E-state index contributed by atoms with van der Waals surface area (Å²) in [4.78, 5) is 14.9. The molecule has 0 unspecified atom stereocenters. The van der Waals surface area contributed by atoms with Gasteiger partial charge in [0.15, 0.2) is 10.8 Å². The summed E-state index contributed by atoms with van der Waals surface area (Å²) in [6, 6.07) is 20.3. The average molecular weight is 398 g/mol. The van der Waals surface area contributed by atoms with Crippen molar-refractivity contribution in [2.45, 2.75) is 13.5 Å². The van der Waals surface area contributed by atoms with Gasteiger partial charge in [-0.05, 0) is 36.8 Å². The first kappa shape index (κ1) is 17.5. The summed E-state index contributed by atoms with van der Waals surface area (Å²) in [5.41, 5.74) is 5.79. The first-order valence-corrected chi connectivity index (χ1v) is 10.1. The number of nitrogens with zero attached hydrogens (tertiary/aromatic N) is 5. The number of rotatable bonds is 5. The van der Waals surface area contributed by atoms with E-state index < -0.39 is 0 Å². The van der Waals surface area contributed by atoms with E-state index in [2.05, 4.69) is 27.5 Å². The standard InChI is InChI=1S/C22H18N6S/c1-15-6-5-9-18(26-15)21-20(17-10-11-19-24-14-25-28(19)13-17)27-22(29-21)23-12-16-7-3-2-4-8-16/h2-11,13-14H,12H2,1H3,(H,23,27). The molecular weight excluding hydrogens is 380 g/mol. The van der Waals surface area contributed by atoms with Gasteiger partial charge in [-0.25, -0.2) is 14.5 Å². The summed E-state index contributed by atoms with van der Waals surface area (Å²) in [5.74, 6) is 0. The largest absolute Gasteiger partial charge is 0.357 e. The lowest BCUT2D eigenvalue weighted by Gasteiger charge is -2.03. The number of fused-ring (bicyclic) bond motifs is 1. The van der Waals surface area contributed by atoms with Gasteiger partial charge < -0.3 is 5.32 Å². The van der Waals surface area contributed by atoms with E-state index in [1.807, 2.05) is 61.7 Å². The Morgan fingerprint density at radius 3 is 2.72 bits per heavy atom. The van der Waals surface area contributed by atoms with Crippen LogP contribution in [0.3, 0.4) is 0 Å². The SMILES string of the molecule is Cc1cccc(-c2sc(NCc3ccccc3)nc2-c2ccc3ncnn3c2)n1. The van der Waals surface area contributed by atoms with Crippen LogP contribution >= 0.6 is 11.3 Å². The molecule has 4 aromatic heterocycles. The first-order chi connectivity index (χ1) is 14.3. The summed E-state index contributed by atoms with van der Waals surface area (Å²) in [5, 5.41) is 8.57. The zero-order valence-electron chi connectivity index (χ0n) is 15.8. The molecule has 0 radical (unpaired) electrons. The molecule has 1 aromatic carbocycles. The van der Waals surface area contributed by atoms with Gasteiger partial charge in [0.05, 0.1) is 16.3 Å². The fraction of sp³-hybridized carbons (Fsp3) is 0.0909. The molecule has 0 spiro atoms. The molecule has 0 bridgehead atoms. The molecule has 0 aliphatic carbocycles. The molecule has 0 saturated carbocycles. The molecule has 0 aliphatic heterocycles. The van der Waals surface area contributed by atoms with Crippen LogP contribution in [0.4, 0.5) is 5.13 Å². The molecule has 0 saturated heterocycles. The van der Waals surface area contributed by atoms with Crippen LogP contribution in [0.2, 0.25) is 0 Å². The van der Waals surface area contributed by atoms with E-state index >= 15 is 0 Å². The maximum Gasteiger partial charge on any atom is 0.184 e. The quantitative estimate of drug-likeness (QED) is 0.459. The number of benzene rings is 1. The van der Waals surface area contributed by atoms with Crippen LogP contribution in [-0.4, -0.2) is 24.6 Å².